The summed E-state index contributed by atoms with van der Waals surface area (Å²) in [7, 11) is 0. The van der Waals surface area contributed by atoms with E-state index in [-0.39, 0.29) is 22.1 Å². The standard InChI is InChI=1S/C20H16F2N2O6S/c1-11-9-16(24-18(26)14-7-4-8-28-14)31-17(11)19(27)29-10-15(25)23-12-5-2-3-6-13(12)30-20(21)22/h2-9,20H,10H2,1H3,(H,23,25)(H,24,26). The molecule has 2 heterocycles. The third kappa shape index (κ3) is 5.89. The van der Waals surface area contributed by atoms with Crippen molar-refractivity contribution in [2.45, 2.75) is 13.5 Å². The Labute approximate surface area is 178 Å². The highest BCUT2D eigenvalue weighted by Crippen LogP contribution is 2.28. The number of thiophene rings is 1. The van der Waals surface area contributed by atoms with Crippen LogP contribution in [0.3, 0.4) is 0 Å². The van der Waals surface area contributed by atoms with Crippen LogP contribution in [0.4, 0.5) is 19.5 Å². The molecule has 2 aromatic heterocycles. The minimum absolute atomic E-state index is 0.0130. The lowest BCUT2D eigenvalue weighted by molar-refractivity contribution is -0.119. The molecule has 0 unspecified atom stereocenters. The maximum Gasteiger partial charge on any atom is 0.387 e. The van der Waals surface area contributed by atoms with Crippen molar-refractivity contribution in [3.05, 3.63) is 64.9 Å². The first-order valence-electron chi connectivity index (χ1n) is 8.79. The number of carbonyl (C=O) groups excluding carboxylic acids is 3. The number of para-hydroxylation sites is 2. The van der Waals surface area contributed by atoms with Crippen LogP contribution >= 0.6 is 11.3 Å². The Hall–Kier alpha value is -3.73. The Morgan fingerprint density at radius 2 is 1.90 bits per heavy atom. The van der Waals surface area contributed by atoms with Crippen LogP contribution in [-0.2, 0) is 9.53 Å². The second-order valence-electron chi connectivity index (χ2n) is 6.05. The van der Waals surface area contributed by atoms with Crippen molar-refractivity contribution >= 4 is 39.8 Å². The number of halogens is 2. The number of anilines is 2. The topological polar surface area (TPSA) is 107 Å². The second kappa shape index (κ2) is 9.85. The predicted octanol–water partition coefficient (Wildman–Crippen LogP) is 4.30. The van der Waals surface area contributed by atoms with E-state index in [0.29, 0.717) is 10.6 Å². The molecule has 0 saturated carbocycles. The summed E-state index contributed by atoms with van der Waals surface area (Å²) in [6, 6.07) is 10.3. The van der Waals surface area contributed by atoms with E-state index in [2.05, 4.69) is 15.4 Å². The predicted molar refractivity (Wildman–Crippen MR) is 108 cm³/mol. The van der Waals surface area contributed by atoms with Crippen LogP contribution in [0.5, 0.6) is 5.75 Å². The molecule has 0 aliphatic heterocycles. The summed E-state index contributed by atoms with van der Waals surface area (Å²) in [5.74, 6) is -2.09. The van der Waals surface area contributed by atoms with Gasteiger partial charge in [0.15, 0.2) is 12.4 Å². The third-order valence-electron chi connectivity index (χ3n) is 3.80. The van der Waals surface area contributed by atoms with Gasteiger partial charge in [0.05, 0.1) is 17.0 Å². The van der Waals surface area contributed by atoms with Crippen LogP contribution in [0.2, 0.25) is 0 Å². The fraction of sp³-hybridized carbons (Fsp3) is 0.150. The minimum atomic E-state index is -3.06. The van der Waals surface area contributed by atoms with E-state index in [4.69, 9.17) is 9.15 Å². The van der Waals surface area contributed by atoms with Gasteiger partial charge in [-0.15, -0.1) is 11.3 Å². The van der Waals surface area contributed by atoms with Gasteiger partial charge in [-0.05, 0) is 42.8 Å². The molecule has 162 valence electrons. The summed E-state index contributed by atoms with van der Waals surface area (Å²) in [6.45, 7) is -2.05. The van der Waals surface area contributed by atoms with Crippen LogP contribution in [0.1, 0.15) is 25.8 Å². The third-order valence-corrected chi connectivity index (χ3v) is 4.93. The van der Waals surface area contributed by atoms with Gasteiger partial charge in [-0.25, -0.2) is 4.79 Å². The monoisotopic (exact) mass is 450 g/mol. The quantitative estimate of drug-likeness (QED) is 0.496. The van der Waals surface area contributed by atoms with Crippen molar-refractivity contribution < 1.29 is 37.1 Å². The number of hydrogen-bond donors (Lipinski definition) is 2. The average molecular weight is 450 g/mol. The molecule has 2 amide bonds. The highest BCUT2D eigenvalue weighted by atomic mass is 32.1. The molecule has 0 atom stereocenters. The molecule has 0 bridgehead atoms. The molecule has 3 rings (SSSR count). The second-order valence-corrected chi connectivity index (χ2v) is 7.11. The average Bonchev–Trinajstić information content (AvgIpc) is 3.37. The molecule has 11 heteroatoms. The number of ether oxygens (including phenoxy) is 2. The fourth-order valence-electron chi connectivity index (χ4n) is 2.48. The number of benzene rings is 1. The Bertz CT molecular complexity index is 1080. The number of esters is 1. The molecule has 1 aromatic carbocycles. The van der Waals surface area contributed by atoms with Crippen molar-refractivity contribution in [1.29, 1.82) is 0 Å². The van der Waals surface area contributed by atoms with Gasteiger partial charge in [-0.2, -0.15) is 8.78 Å². The first-order valence-corrected chi connectivity index (χ1v) is 9.61. The number of nitrogens with one attached hydrogen (secondary N) is 2. The smallest absolute Gasteiger partial charge is 0.387 e. The van der Waals surface area contributed by atoms with E-state index in [1.165, 1.54) is 36.6 Å². The zero-order chi connectivity index (χ0) is 22.4. The molecule has 8 nitrogen and oxygen atoms in total. The van der Waals surface area contributed by atoms with Crippen molar-refractivity contribution in [1.82, 2.24) is 0 Å². The van der Waals surface area contributed by atoms with Gasteiger partial charge >= 0.3 is 12.6 Å². The Morgan fingerprint density at radius 3 is 2.61 bits per heavy atom. The molecular weight excluding hydrogens is 434 g/mol. The molecule has 0 aliphatic rings. The Morgan fingerprint density at radius 1 is 1.13 bits per heavy atom. The zero-order valence-electron chi connectivity index (χ0n) is 16.0. The lowest BCUT2D eigenvalue weighted by atomic mass is 10.3. The first kappa shape index (κ1) is 22.0. The van der Waals surface area contributed by atoms with Crippen LogP contribution in [0.25, 0.3) is 0 Å². The van der Waals surface area contributed by atoms with Crippen molar-refractivity contribution in [3.63, 3.8) is 0 Å². The molecule has 31 heavy (non-hydrogen) atoms. The first-order chi connectivity index (χ1) is 14.8. The van der Waals surface area contributed by atoms with E-state index >= 15 is 0 Å². The van der Waals surface area contributed by atoms with Crippen LogP contribution in [-0.4, -0.2) is 31.0 Å². The van der Waals surface area contributed by atoms with Crippen LogP contribution < -0.4 is 15.4 Å². The summed E-state index contributed by atoms with van der Waals surface area (Å²) in [6.07, 6.45) is 1.36. The molecule has 0 saturated heterocycles. The van der Waals surface area contributed by atoms with Gasteiger partial charge in [0.25, 0.3) is 11.8 Å². The van der Waals surface area contributed by atoms with Gasteiger partial charge < -0.3 is 24.5 Å². The minimum Gasteiger partial charge on any atom is -0.459 e. The Balaban J connectivity index is 1.57. The number of aryl methyl sites for hydroxylation is 1. The zero-order valence-corrected chi connectivity index (χ0v) is 16.8. The van der Waals surface area contributed by atoms with E-state index in [1.54, 1.807) is 19.1 Å². The largest absolute Gasteiger partial charge is 0.459 e. The van der Waals surface area contributed by atoms with Gasteiger partial charge in [0.1, 0.15) is 10.6 Å². The van der Waals surface area contributed by atoms with E-state index in [9.17, 15) is 23.2 Å². The molecule has 3 aromatic rings. The Kier molecular flexibility index (Phi) is 6.98. The van der Waals surface area contributed by atoms with E-state index in [0.717, 1.165) is 11.3 Å². The van der Waals surface area contributed by atoms with E-state index < -0.39 is 31.0 Å². The molecular formula is C20H16F2N2O6S. The van der Waals surface area contributed by atoms with Gasteiger partial charge in [-0.1, -0.05) is 12.1 Å². The lowest BCUT2D eigenvalue weighted by Crippen LogP contribution is -2.21. The van der Waals surface area contributed by atoms with Crippen LogP contribution in [0, 0.1) is 6.92 Å². The van der Waals surface area contributed by atoms with Crippen molar-refractivity contribution in [2.24, 2.45) is 0 Å². The number of furan rings is 1. The highest BCUT2D eigenvalue weighted by molar-refractivity contribution is 7.18. The van der Waals surface area contributed by atoms with Crippen molar-refractivity contribution in [3.8, 4) is 5.75 Å². The fourth-order valence-corrected chi connectivity index (χ4v) is 3.44. The van der Waals surface area contributed by atoms with Crippen molar-refractivity contribution in [2.75, 3.05) is 17.2 Å². The molecule has 0 aliphatic carbocycles. The van der Waals surface area contributed by atoms with Gasteiger partial charge in [0.2, 0.25) is 0 Å². The summed E-state index contributed by atoms with van der Waals surface area (Å²) >= 11 is 0.975. The number of hydrogen-bond acceptors (Lipinski definition) is 7. The number of amides is 2. The van der Waals surface area contributed by atoms with E-state index in [1.807, 2.05) is 0 Å². The lowest BCUT2D eigenvalue weighted by Gasteiger charge is -2.11. The summed E-state index contributed by atoms with van der Waals surface area (Å²) in [5.41, 5.74) is 0.555. The molecule has 0 spiro atoms. The molecule has 0 radical (unpaired) electrons. The number of carbonyl (C=O) groups is 3. The van der Waals surface area contributed by atoms with Gasteiger partial charge in [0, 0.05) is 0 Å². The van der Waals surface area contributed by atoms with Gasteiger partial charge in [-0.3, -0.25) is 9.59 Å². The SMILES string of the molecule is Cc1cc(NC(=O)c2ccco2)sc1C(=O)OCC(=O)Nc1ccccc1OC(F)F. The molecule has 0 fully saturated rings. The number of alkyl halides is 2. The van der Waals surface area contributed by atoms with Crippen LogP contribution in [0.15, 0.2) is 53.1 Å². The summed E-state index contributed by atoms with van der Waals surface area (Å²) in [4.78, 5) is 36.6. The summed E-state index contributed by atoms with van der Waals surface area (Å²) in [5, 5.41) is 5.35. The molecule has 2 N–H and O–H groups in total. The highest BCUT2D eigenvalue weighted by Gasteiger charge is 2.19. The number of rotatable bonds is 8. The maximum atomic E-state index is 12.4. The normalized spacial score (nSPS) is 10.6. The maximum absolute atomic E-state index is 12.4. The summed E-state index contributed by atoms with van der Waals surface area (Å²) < 4.78 is 39.2.